The average molecular weight is 258 g/mol. The molecule has 1 heterocycles. The highest BCUT2D eigenvalue weighted by Gasteiger charge is 2.07. The lowest BCUT2D eigenvalue weighted by molar-refractivity contribution is 0.298. The summed E-state index contributed by atoms with van der Waals surface area (Å²) in [6, 6.07) is 11.0. The first-order valence-electron chi connectivity index (χ1n) is 5.70. The molecule has 1 radical (unpaired) electrons. The van der Waals surface area contributed by atoms with Crippen LogP contribution in [0, 0.1) is 0 Å². The number of aryl methyl sites for hydroxylation is 1. The van der Waals surface area contributed by atoms with Crippen molar-refractivity contribution >= 4 is 7.69 Å². The number of hydrogen-bond donors (Lipinski definition) is 1. The molecule has 0 saturated heterocycles. The van der Waals surface area contributed by atoms with Gasteiger partial charge in [0.25, 0.3) is 5.56 Å². The van der Waals surface area contributed by atoms with Crippen LogP contribution in [0.3, 0.4) is 0 Å². The minimum Gasteiger partial charge on any atom is -0.536 e. The van der Waals surface area contributed by atoms with Crippen molar-refractivity contribution in [1.82, 2.24) is 4.57 Å². The topological polar surface area (TPSA) is 60.7 Å². The van der Waals surface area contributed by atoms with Gasteiger partial charge in [0.1, 0.15) is 12.4 Å². The molecule has 6 heteroatoms. The van der Waals surface area contributed by atoms with Crippen molar-refractivity contribution in [2.24, 2.45) is 7.05 Å². The summed E-state index contributed by atoms with van der Waals surface area (Å²) in [5, 5.41) is 8.60. The zero-order valence-corrected chi connectivity index (χ0v) is 10.4. The summed E-state index contributed by atoms with van der Waals surface area (Å²) < 4.78 is 11.6. The second kappa shape index (κ2) is 6.11. The summed E-state index contributed by atoms with van der Waals surface area (Å²) in [5.41, 5.74) is 0.700. The highest BCUT2D eigenvalue weighted by Crippen LogP contribution is 2.15. The van der Waals surface area contributed by atoms with Crippen molar-refractivity contribution in [1.29, 1.82) is 0 Å². The van der Waals surface area contributed by atoms with Crippen molar-refractivity contribution in [2.75, 3.05) is 0 Å². The monoisotopic (exact) mass is 258 g/mol. The molecule has 19 heavy (non-hydrogen) atoms. The molecule has 0 atom stereocenters. The van der Waals surface area contributed by atoms with Crippen molar-refractivity contribution in [2.45, 2.75) is 6.61 Å². The van der Waals surface area contributed by atoms with Gasteiger partial charge in [-0.25, -0.2) is 0 Å². The van der Waals surface area contributed by atoms with Gasteiger partial charge in [0.05, 0.1) is 0 Å². The third kappa shape index (κ3) is 3.39. The van der Waals surface area contributed by atoms with E-state index >= 15 is 0 Å². The molecule has 5 nitrogen and oxygen atoms in total. The Morgan fingerprint density at radius 2 is 2.05 bits per heavy atom. The molecule has 0 saturated carbocycles. The first kappa shape index (κ1) is 13.2. The summed E-state index contributed by atoms with van der Waals surface area (Å²) >= 11 is 0. The molecule has 0 amide bonds. The predicted molar refractivity (Wildman–Crippen MR) is 71.1 cm³/mol. The van der Waals surface area contributed by atoms with Gasteiger partial charge >= 0.3 is 7.69 Å². The van der Waals surface area contributed by atoms with Gasteiger partial charge in [-0.3, -0.25) is 4.79 Å². The standard InChI is InChI=1S/C13H13BNO4/c1-15-8-11(19-14-17)7-12(13(15)16)18-9-10-5-3-2-4-6-10/h2-8,17H,9H2,1H3. The molecule has 97 valence electrons. The molecule has 2 aromatic rings. The van der Waals surface area contributed by atoms with Crippen molar-refractivity contribution < 1.29 is 14.4 Å². The molecule has 0 aliphatic rings. The van der Waals surface area contributed by atoms with Gasteiger partial charge in [0.2, 0.25) is 0 Å². The third-order valence-corrected chi connectivity index (χ3v) is 2.55. The lowest BCUT2D eigenvalue weighted by atomic mass is 10.2. The van der Waals surface area contributed by atoms with E-state index in [1.54, 1.807) is 7.05 Å². The quantitative estimate of drug-likeness (QED) is 0.808. The maximum absolute atomic E-state index is 11.9. The number of pyridine rings is 1. The van der Waals surface area contributed by atoms with Crippen LogP contribution >= 0.6 is 0 Å². The fourth-order valence-electron chi connectivity index (χ4n) is 1.62. The van der Waals surface area contributed by atoms with Crippen LogP contribution in [-0.2, 0) is 13.7 Å². The molecule has 2 rings (SSSR count). The maximum atomic E-state index is 11.9. The van der Waals surface area contributed by atoms with E-state index in [0.717, 1.165) is 5.56 Å². The van der Waals surface area contributed by atoms with E-state index in [9.17, 15) is 4.79 Å². The lowest BCUT2D eigenvalue weighted by Gasteiger charge is -2.10. The van der Waals surface area contributed by atoms with Crippen molar-refractivity contribution in [3.8, 4) is 11.5 Å². The molecular formula is C13H13BNO4. The van der Waals surface area contributed by atoms with E-state index < -0.39 is 0 Å². The van der Waals surface area contributed by atoms with E-state index in [4.69, 9.17) is 14.4 Å². The van der Waals surface area contributed by atoms with Crippen LogP contribution in [0.1, 0.15) is 5.56 Å². The molecule has 1 aromatic heterocycles. The summed E-state index contributed by atoms with van der Waals surface area (Å²) in [6.07, 6.45) is 1.46. The number of ether oxygens (including phenoxy) is 1. The Hall–Kier alpha value is -2.21. The van der Waals surface area contributed by atoms with Crippen LogP contribution in [0.4, 0.5) is 0 Å². The normalized spacial score (nSPS) is 10.0. The van der Waals surface area contributed by atoms with E-state index in [0.29, 0.717) is 20.0 Å². The van der Waals surface area contributed by atoms with E-state index in [1.165, 1.54) is 16.8 Å². The number of hydrogen-bond acceptors (Lipinski definition) is 4. The zero-order valence-electron chi connectivity index (χ0n) is 10.4. The summed E-state index contributed by atoms with van der Waals surface area (Å²) in [4.78, 5) is 11.9. The van der Waals surface area contributed by atoms with Gasteiger partial charge in [-0.1, -0.05) is 30.3 Å². The fourth-order valence-corrected chi connectivity index (χ4v) is 1.62. The van der Waals surface area contributed by atoms with Crippen molar-refractivity contribution in [3.05, 3.63) is 58.5 Å². The smallest absolute Gasteiger partial charge is 0.536 e. The van der Waals surface area contributed by atoms with Gasteiger partial charge in [-0.05, 0) is 5.56 Å². The average Bonchev–Trinajstić information content (AvgIpc) is 2.42. The largest absolute Gasteiger partial charge is 0.569 e. The second-order valence-corrected chi connectivity index (χ2v) is 3.95. The van der Waals surface area contributed by atoms with E-state index in [1.807, 2.05) is 30.3 Å². The Labute approximate surface area is 111 Å². The molecule has 0 spiro atoms. The van der Waals surface area contributed by atoms with Gasteiger partial charge in [0, 0.05) is 19.3 Å². The first-order valence-corrected chi connectivity index (χ1v) is 5.70. The Kier molecular flexibility index (Phi) is 4.25. The molecule has 1 aromatic carbocycles. The lowest BCUT2D eigenvalue weighted by Crippen LogP contribution is -2.19. The second-order valence-electron chi connectivity index (χ2n) is 3.95. The summed E-state index contributed by atoms with van der Waals surface area (Å²) in [6.45, 7) is 0.294. The van der Waals surface area contributed by atoms with Crippen LogP contribution in [0.2, 0.25) is 0 Å². The van der Waals surface area contributed by atoms with Gasteiger partial charge in [0.15, 0.2) is 5.75 Å². The van der Waals surface area contributed by atoms with Gasteiger partial charge < -0.3 is 19.0 Å². The van der Waals surface area contributed by atoms with Crippen LogP contribution in [0.25, 0.3) is 0 Å². The van der Waals surface area contributed by atoms with Crippen LogP contribution in [0.5, 0.6) is 11.5 Å². The Morgan fingerprint density at radius 3 is 2.74 bits per heavy atom. The summed E-state index contributed by atoms with van der Waals surface area (Å²) in [7, 11) is 2.14. The van der Waals surface area contributed by atoms with Gasteiger partial charge in [-0.2, -0.15) is 0 Å². The first-order chi connectivity index (χ1) is 9.20. The molecule has 1 N–H and O–H groups in total. The number of rotatable bonds is 5. The number of benzene rings is 1. The SMILES string of the molecule is Cn1cc(O[B]O)cc(OCc2ccccc2)c1=O. The number of nitrogens with zero attached hydrogens (tertiary/aromatic N) is 1. The minimum absolute atomic E-state index is 0.172. The van der Waals surface area contributed by atoms with Crippen LogP contribution in [-0.4, -0.2) is 17.3 Å². The fraction of sp³-hybridized carbons (Fsp3) is 0.154. The van der Waals surface area contributed by atoms with Crippen molar-refractivity contribution in [3.63, 3.8) is 0 Å². The maximum Gasteiger partial charge on any atom is 0.569 e. The summed E-state index contributed by atoms with van der Waals surface area (Å²) in [5.74, 6) is 0.498. The Balaban J connectivity index is 2.17. The molecule has 0 fully saturated rings. The van der Waals surface area contributed by atoms with E-state index in [-0.39, 0.29) is 11.3 Å². The molecule has 0 aliphatic carbocycles. The van der Waals surface area contributed by atoms with E-state index in [2.05, 4.69) is 0 Å². The third-order valence-electron chi connectivity index (χ3n) is 2.55. The Morgan fingerprint density at radius 1 is 1.32 bits per heavy atom. The van der Waals surface area contributed by atoms with Crippen LogP contribution < -0.4 is 15.0 Å². The highest BCUT2D eigenvalue weighted by atomic mass is 16.5. The molecule has 0 unspecified atom stereocenters. The number of aromatic nitrogens is 1. The van der Waals surface area contributed by atoms with Gasteiger partial charge in [-0.15, -0.1) is 0 Å². The predicted octanol–water partition coefficient (Wildman–Crippen LogP) is 0.870. The highest BCUT2D eigenvalue weighted by molar-refractivity contribution is 6.17. The minimum atomic E-state index is -0.263. The molecular weight excluding hydrogens is 245 g/mol. The zero-order chi connectivity index (χ0) is 13.7. The molecule has 0 aliphatic heterocycles. The Bertz CT molecular complexity index is 597. The molecule has 0 bridgehead atoms. The van der Waals surface area contributed by atoms with Crippen LogP contribution in [0.15, 0.2) is 47.4 Å².